The molecule has 0 bridgehead atoms. The highest BCUT2D eigenvalue weighted by Crippen LogP contribution is 2.24. The van der Waals surface area contributed by atoms with E-state index >= 15 is 0 Å². The van der Waals surface area contributed by atoms with Gasteiger partial charge in [-0.1, -0.05) is 0 Å². The number of hydrogen-bond acceptors (Lipinski definition) is 4. The molecule has 0 radical (unpaired) electrons. The Balaban J connectivity index is 2.01. The quantitative estimate of drug-likeness (QED) is 0.801. The minimum atomic E-state index is -0.495. The lowest BCUT2D eigenvalue weighted by Gasteiger charge is -2.33. The second-order valence-electron chi connectivity index (χ2n) is 5.83. The molecule has 1 aromatic heterocycles. The fraction of sp³-hybridized carbons (Fsp3) is 0.750. The molecule has 1 aliphatic heterocycles. The number of rotatable bonds is 1. The van der Waals surface area contributed by atoms with Crippen molar-refractivity contribution in [2.75, 3.05) is 13.1 Å². The fourth-order valence-electron chi connectivity index (χ4n) is 2.17. The number of H-pyrrole nitrogens is 2. The van der Waals surface area contributed by atoms with E-state index in [-0.39, 0.29) is 17.7 Å². The first kappa shape index (κ1) is 13.6. The van der Waals surface area contributed by atoms with Crippen molar-refractivity contribution >= 4 is 6.09 Å². The highest BCUT2D eigenvalue weighted by atomic mass is 16.6. The molecule has 2 N–H and O–H groups in total. The summed E-state index contributed by atoms with van der Waals surface area (Å²) in [6, 6.07) is 0. The van der Waals surface area contributed by atoms with Gasteiger partial charge in [0.2, 0.25) is 0 Å². The zero-order valence-electron chi connectivity index (χ0n) is 11.5. The Labute approximate surface area is 111 Å². The molecule has 1 atom stereocenters. The summed E-state index contributed by atoms with van der Waals surface area (Å²) in [5.74, 6) is 0.665. The van der Waals surface area contributed by atoms with Crippen molar-refractivity contribution in [1.29, 1.82) is 0 Å². The normalized spacial score (nSPS) is 20.4. The topological polar surface area (TPSA) is 91.1 Å². The van der Waals surface area contributed by atoms with Gasteiger partial charge in [0.05, 0.1) is 0 Å². The summed E-state index contributed by atoms with van der Waals surface area (Å²) in [7, 11) is 0. The molecule has 0 unspecified atom stereocenters. The molecule has 2 rings (SSSR count). The Kier molecular flexibility index (Phi) is 3.64. The predicted octanol–water partition coefficient (Wildman–Crippen LogP) is 1.21. The van der Waals surface area contributed by atoms with Crippen molar-refractivity contribution in [3.05, 3.63) is 16.3 Å². The Morgan fingerprint density at radius 3 is 2.79 bits per heavy atom. The van der Waals surface area contributed by atoms with Crippen LogP contribution in [0.1, 0.15) is 45.4 Å². The number of hydrogen-bond donors (Lipinski definition) is 2. The summed E-state index contributed by atoms with van der Waals surface area (Å²) >= 11 is 0. The molecule has 7 nitrogen and oxygen atoms in total. The number of nitrogens with zero attached hydrogens (tertiary/aromatic N) is 2. The van der Waals surface area contributed by atoms with Crippen LogP contribution in [-0.4, -0.2) is 44.9 Å². The predicted molar refractivity (Wildman–Crippen MR) is 69.0 cm³/mol. The van der Waals surface area contributed by atoms with E-state index in [9.17, 15) is 9.59 Å². The van der Waals surface area contributed by atoms with Crippen LogP contribution >= 0.6 is 0 Å². The lowest BCUT2D eigenvalue weighted by atomic mass is 9.98. The van der Waals surface area contributed by atoms with Gasteiger partial charge in [0, 0.05) is 19.0 Å². The number of ether oxygens (including phenoxy) is 1. The molecule has 1 fully saturated rings. The first-order chi connectivity index (χ1) is 8.85. The second-order valence-corrected chi connectivity index (χ2v) is 5.83. The van der Waals surface area contributed by atoms with Crippen LogP contribution in [0, 0.1) is 0 Å². The maximum atomic E-state index is 12.0. The largest absolute Gasteiger partial charge is 0.444 e. The van der Waals surface area contributed by atoms with E-state index in [0.717, 1.165) is 12.8 Å². The smallest absolute Gasteiger partial charge is 0.410 e. The molecular formula is C12H20N4O3. The minimum absolute atomic E-state index is 0.0558. The molecule has 1 saturated heterocycles. The third kappa shape index (κ3) is 3.59. The Hall–Kier alpha value is -1.79. The van der Waals surface area contributed by atoms with Crippen LogP contribution in [0.5, 0.6) is 0 Å². The van der Waals surface area contributed by atoms with Crippen molar-refractivity contribution in [3.63, 3.8) is 0 Å². The van der Waals surface area contributed by atoms with Crippen LogP contribution in [0.2, 0.25) is 0 Å². The summed E-state index contributed by atoms with van der Waals surface area (Å²) < 4.78 is 5.35. The molecule has 1 aliphatic rings. The van der Waals surface area contributed by atoms with Crippen molar-refractivity contribution in [2.45, 2.75) is 45.1 Å². The third-order valence-corrected chi connectivity index (χ3v) is 2.98. The van der Waals surface area contributed by atoms with Gasteiger partial charge in [-0.25, -0.2) is 14.7 Å². The van der Waals surface area contributed by atoms with Crippen molar-refractivity contribution in [2.24, 2.45) is 0 Å². The monoisotopic (exact) mass is 268 g/mol. The highest BCUT2D eigenvalue weighted by Gasteiger charge is 2.29. The summed E-state index contributed by atoms with van der Waals surface area (Å²) in [4.78, 5) is 27.4. The number of carbonyl (C=O) groups excluding carboxylic acids is 1. The third-order valence-electron chi connectivity index (χ3n) is 2.98. The van der Waals surface area contributed by atoms with Gasteiger partial charge in [-0.15, -0.1) is 0 Å². The molecule has 0 spiro atoms. The van der Waals surface area contributed by atoms with Crippen LogP contribution in [0.3, 0.4) is 0 Å². The Bertz CT molecular complexity index is 500. The SMILES string of the molecule is CC(C)(C)OC(=O)N1CCC[C@H](c2n[nH]c(=O)[nH]2)C1. The van der Waals surface area contributed by atoms with Crippen molar-refractivity contribution in [1.82, 2.24) is 20.1 Å². The van der Waals surface area contributed by atoms with E-state index in [1.807, 2.05) is 20.8 Å². The van der Waals surface area contributed by atoms with Gasteiger partial charge in [-0.05, 0) is 33.6 Å². The number of carbonyl (C=O) groups is 1. The molecule has 0 aromatic carbocycles. The van der Waals surface area contributed by atoms with Gasteiger partial charge in [0.1, 0.15) is 11.4 Å². The number of amides is 1. The Morgan fingerprint density at radius 1 is 1.47 bits per heavy atom. The summed E-state index contributed by atoms with van der Waals surface area (Å²) in [5, 5.41) is 6.29. The molecule has 1 aromatic rings. The van der Waals surface area contributed by atoms with Crippen LogP contribution in [0.25, 0.3) is 0 Å². The molecule has 0 saturated carbocycles. The van der Waals surface area contributed by atoms with Gasteiger partial charge in [0.15, 0.2) is 0 Å². The zero-order valence-corrected chi connectivity index (χ0v) is 11.5. The van der Waals surface area contributed by atoms with E-state index in [1.54, 1.807) is 4.90 Å². The van der Waals surface area contributed by atoms with E-state index in [4.69, 9.17) is 4.74 Å². The van der Waals surface area contributed by atoms with E-state index in [2.05, 4.69) is 15.2 Å². The molecule has 2 heterocycles. The minimum Gasteiger partial charge on any atom is -0.444 e. The molecule has 106 valence electrons. The molecule has 0 aliphatic carbocycles. The first-order valence-electron chi connectivity index (χ1n) is 6.47. The van der Waals surface area contributed by atoms with Crippen LogP contribution < -0.4 is 5.69 Å². The molecule has 19 heavy (non-hydrogen) atoms. The van der Waals surface area contributed by atoms with Gasteiger partial charge < -0.3 is 9.64 Å². The molecule has 1 amide bonds. The molecular weight excluding hydrogens is 248 g/mol. The number of piperidine rings is 1. The lowest BCUT2D eigenvalue weighted by Crippen LogP contribution is -2.42. The Morgan fingerprint density at radius 2 is 2.21 bits per heavy atom. The fourth-order valence-corrected chi connectivity index (χ4v) is 2.17. The first-order valence-corrected chi connectivity index (χ1v) is 6.47. The molecule has 7 heteroatoms. The number of aromatic amines is 2. The number of likely N-dealkylation sites (tertiary alicyclic amines) is 1. The van der Waals surface area contributed by atoms with E-state index in [1.165, 1.54) is 0 Å². The van der Waals surface area contributed by atoms with Crippen LogP contribution in [0.15, 0.2) is 4.79 Å². The van der Waals surface area contributed by atoms with Gasteiger partial charge in [-0.2, -0.15) is 5.10 Å². The second kappa shape index (κ2) is 5.07. The lowest BCUT2D eigenvalue weighted by molar-refractivity contribution is 0.0196. The average Bonchev–Trinajstić information content (AvgIpc) is 2.74. The number of nitrogens with one attached hydrogen (secondary N) is 2. The summed E-state index contributed by atoms with van der Waals surface area (Å²) in [6.45, 7) is 6.74. The maximum absolute atomic E-state index is 12.0. The van der Waals surface area contributed by atoms with Crippen LogP contribution in [-0.2, 0) is 4.74 Å². The number of aromatic nitrogens is 3. The van der Waals surface area contributed by atoms with Gasteiger partial charge in [0.25, 0.3) is 0 Å². The zero-order chi connectivity index (χ0) is 14.0. The summed E-state index contributed by atoms with van der Waals surface area (Å²) in [5.41, 5.74) is -0.811. The van der Waals surface area contributed by atoms with Gasteiger partial charge >= 0.3 is 11.8 Å². The van der Waals surface area contributed by atoms with E-state index in [0.29, 0.717) is 18.9 Å². The van der Waals surface area contributed by atoms with Crippen molar-refractivity contribution in [3.8, 4) is 0 Å². The van der Waals surface area contributed by atoms with Crippen molar-refractivity contribution < 1.29 is 9.53 Å². The highest BCUT2D eigenvalue weighted by molar-refractivity contribution is 5.68. The summed E-state index contributed by atoms with van der Waals surface area (Å²) in [6.07, 6.45) is 1.47. The van der Waals surface area contributed by atoms with Gasteiger partial charge in [-0.3, -0.25) is 4.98 Å². The maximum Gasteiger partial charge on any atom is 0.410 e. The standard InChI is InChI=1S/C12H20N4O3/c1-12(2,3)19-11(18)16-6-4-5-8(7-16)9-13-10(17)15-14-9/h8H,4-7H2,1-3H3,(H2,13,14,15,17)/t8-/m0/s1. The average molecular weight is 268 g/mol. The van der Waals surface area contributed by atoms with E-state index < -0.39 is 5.60 Å². The van der Waals surface area contributed by atoms with Crippen LogP contribution in [0.4, 0.5) is 4.79 Å².